The summed E-state index contributed by atoms with van der Waals surface area (Å²) in [5, 5.41) is 17.5. The summed E-state index contributed by atoms with van der Waals surface area (Å²) in [6.45, 7) is 1.54. The van der Waals surface area contributed by atoms with Crippen LogP contribution in [0, 0.1) is 17.0 Å². The molecule has 2 rings (SSSR count). The number of benzene rings is 1. The first-order valence-electron chi connectivity index (χ1n) is 5.70. The van der Waals surface area contributed by atoms with Crippen molar-refractivity contribution in [2.75, 3.05) is 5.32 Å². The average Bonchev–Trinajstić information content (AvgIpc) is 2.71. The Bertz CT molecular complexity index is 668. The van der Waals surface area contributed by atoms with Crippen molar-refractivity contribution in [3.63, 3.8) is 0 Å². The maximum Gasteiger partial charge on any atom is 0.390 e. The third-order valence-electron chi connectivity index (χ3n) is 2.56. The number of anilines is 1. The minimum Gasteiger partial charge on any atom is -0.358 e. The molecule has 1 heterocycles. The topological polar surface area (TPSA) is 90.1 Å². The zero-order chi connectivity index (χ0) is 14.7. The maximum absolute atomic E-state index is 11.8. The molecule has 0 saturated heterocycles. The molecule has 7 nitrogen and oxygen atoms in total. The Morgan fingerprint density at radius 3 is 2.85 bits per heavy atom. The van der Waals surface area contributed by atoms with Crippen LogP contribution in [-0.4, -0.2) is 20.6 Å². The van der Waals surface area contributed by atoms with Gasteiger partial charge in [0.15, 0.2) is 0 Å². The Labute approximate surface area is 119 Å². The lowest BCUT2D eigenvalue weighted by molar-refractivity contribution is -0.389. The van der Waals surface area contributed by atoms with Gasteiger partial charge in [-0.1, -0.05) is 17.7 Å². The molecule has 104 valence electrons. The SMILES string of the molecule is Cc1cc([N+](=O)[O-])nn1CC(=O)Nc1cccc(Cl)c1. The number of rotatable bonds is 4. The van der Waals surface area contributed by atoms with E-state index < -0.39 is 4.92 Å². The Hall–Kier alpha value is -2.41. The van der Waals surface area contributed by atoms with Crippen molar-refractivity contribution in [1.29, 1.82) is 0 Å². The standard InChI is InChI=1S/C12H11ClN4O3/c1-8-5-11(17(19)20)15-16(8)7-12(18)14-10-4-2-3-9(13)6-10/h2-6H,7H2,1H3,(H,14,18). The van der Waals surface area contributed by atoms with Crippen molar-refractivity contribution >= 4 is 29.0 Å². The number of nitrogens with zero attached hydrogens (tertiary/aromatic N) is 3. The number of carbonyl (C=O) groups is 1. The van der Waals surface area contributed by atoms with Crippen LogP contribution < -0.4 is 5.32 Å². The molecule has 0 aliphatic heterocycles. The van der Waals surface area contributed by atoms with E-state index in [1.165, 1.54) is 10.7 Å². The number of amides is 1. The van der Waals surface area contributed by atoms with Gasteiger partial charge in [0.25, 0.3) is 0 Å². The molecule has 1 aromatic carbocycles. The van der Waals surface area contributed by atoms with E-state index in [2.05, 4.69) is 10.4 Å². The molecule has 0 spiro atoms. The first kappa shape index (κ1) is 14.0. The molecule has 1 amide bonds. The van der Waals surface area contributed by atoms with Crippen molar-refractivity contribution in [3.8, 4) is 0 Å². The quantitative estimate of drug-likeness (QED) is 0.692. The van der Waals surface area contributed by atoms with Crippen LogP contribution in [0.25, 0.3) is 0 Å². The van der Waals surface area contributed by atoms with Crippen LogP contribution in [0.2, 0.25) is 5.02 Å². The summed E-state index contributed by atoms with van der Waals surface area (Å²) >= 11 is 5.81. The van der Waals surface area contributed by atoms with Crippen LogP contribution in [0.1, 0.15) is 5.69 Å². The fourth-order valence-electron chi connectivity index (χ4n) is 1.64. The van der Waals surface area contributed by atoms with Crippen LogP contribution in [0.4, 0.5) is 11.5 Å². The van der Waals surface area contributed by atoms with Crippen LogP contribution in [-0.2, 0) is 11.3 Å². The zero-order valence-corrected chi connectivity index (χ0v) is 11.3. The minimum atomic E-state index is -0.599. The summed E-state index contributed by atoms with van der Waals surface area (Å²) in [5.74, 6) is -0.619. The predicted octanol–water partition coefficient (Wildman–Crippen LogP) is 2.39. The van der Waals surface area contributed by atoms with Gasteiger partial charge in [0, 0.05) is 10.7 Å². The highest BCUT2D eigenvalue weighted by Crippen LogP contribution is 2.15. The number of hydrogen-bond donors (Lipinski definition) is 1. The van der Waals surface area contributed by atoms with E-state index in [9.17, 15) is 14.9 Å². The highest BCUT2D eigenvalue weighted by molar-refractivity contribution is 6.30. The minimum absolute atomic E-state index is 0.105. The van der Waals surface area contributed by atoms with Crippen LogP contribution in [0.5, 0.6) is 0 Å². The predicted molar refractivity (Wildman–Crippen MR) is 73.7 cm³/mol. The van der Waals surface area contributed by atoms with E-state index in [4.69, 9.17) is 11.6 Å². The maximum atomic E-state index is 11.8. The van der Waals surface area contributed by atoms with Crippen LogP contribution in [0.3, 0.4) is 0 Å². The number of nitro groups is 1. The molecule has 0 bridgehead atoms. The summed E-state index contributed by atoms with van der Waals surface area (Å²) in [6, 6.07) is 8.02. The van der Waals surface area contributed by atoms with E-state index in [1.807, 2.05) is 0 Å². The van der Waals surface area contributed by atoms with Crippen LogP contribution in [0.15, 0.2) is 30.3 Å². The Morgan fingerprint density at radius 2 is 2.25 bits per heavy atom. The Kier molecular flexibility index (Phi) is 3.99. The molecule has 0 unspecified atom stereocenters. The van der Waals surface area contributed by atoms with Gasteiger partial charge >= 0.3 is 5.82 Å². The van der Waals surface area contributed by atoms with Gasteiger partial charge in [0.1, 0.15) is 6.54 Å². The number of hydrogen-bond acceptors (Lipinski definition) is 4. The van der Waals surface area contributed by atoms with E-state index in [-0.39, 0.29) is 18.3 Å². The Balaban J connectivity index is 2.06. The lowest BCUT2D eigenvalue weighted by atomic mass is 10.3. The van der Waals surface area contributed by atoms with Crippen molar-refractivity contribution in [2.24, 2.45) is 0 Å². The number of halogens is 1. The number of carbonyl (C=O) groups excluding carboxylic acids is 1. The monoisotopic (exact) mass is 294 g/mol. The van der Waals surface area contributed by atoms with E-state index in [0.717, 1.165) is 0 Å². The molecule has 0 atom stereocenters. The first-order valence-corrected chi connectivity index (χ1v) is 6.08. The van der Waals surface area contributed by atoms with Gasteiger partial charge in [-0.15, -0.1) is 0 Å². The molecule has 20 heavy (non-hydrogen) atoms. The summed E-state index contributed by atoms with van der Waals surface area (Å²) in [5.41, 5.74) is 1.10. The second-order valence-electron chi connectivity index (χ2n) is 4.12. The summed E-state index contributed by atoms with van der Waals surface area (Å²) < 4.78 is 1.28. The molecule has 1 aromatic heterocycles. The lowest BCUT2D eigenvalue weighted by Gasteiger charge is -2.04. The fraction of sp³-hybridized carbons (Fsp3) is 0.167. The molecule has 0 fully saturated rings. The third kappa shape index (κ3) is 3.33. The largest absolute Gasteiger partial charge is 0.390 e. The molecule has 1 N–H and O–H groups in total. The number of aromatic nitrogens is 2. The van der Waals surface area contributed by atoms with Crippen LogP contribution >= 0.6 is 11.6 Å². The molecule has 0 radical (unpaired) electrons. The smallest absolute Gasteiger partial charge is 0.358 e. The zero-order valence-electron chi connectivity index (χ0n) is 10.5. The molecule has 0 saturated carbocycles. The Morgan fingerprint density at radius 1 is 1.50 bits per heavy atom. The first-order chi connectivity index (χ1) is 9.45. The summed E-state index contributed by atoms with van der Waals surface area (Å²) in [7, 11) is 0. The van der Waals surface area contributed by atoms with Crippen molar-refractivity contribution < 1.29 is 9.72 Å². The molecule has 8 heteroatoms. The second kappa shape index (κ2) is 5.70. The van der Waals surface area contributed by atoms with Crippen molar-refractivity contribution in [1.82, 2.24) is 9.78 Å². The summed E-state index contributed by atoms with van der Waals surface area (Å²) in [6.07, 6.45) is 0. The van der Waals surface area contributed by atoms with Gasteiger partial charge in [-0.2, -0.15) is 4.68 Å². The third-order valence-corrected chi connectivity index (χ3v) is 2.79. The number of nitrogens with one attached hydrogen (secondary N) is 1. The highest BCUT2D eigenvalue weighted by atomic mass is 35.5. The van der Waals surface area contributed by atoms with Gasteiger partial charge in [0.05, 0.1) is 16.9 Å². The van der Waals surface area contributed by atoms with Crippen molar-refractivity contribution in [3.05, 3.63) is 51.2 Å². The fourth-order valence-corrected chi connectivity index (χ4v) is 1.84. The van der Waals surface area contributed by atoms with Gasteiger partial charge < -0.3 is 15.4 Å². The molecule has 0 aliphatic carbocycles. The molecular weight excluding hydrogens is 284 g/mol. The van der Waals surface area contributed by atoms with E-state index in [1.54, 1.807) is 31.2 Å². The van der Waals surface area contributed by atoms with Gasteiger partial charge in [0.2, 0.25) is 5.91 Å². The lowest BCUT2D eigenvalue weighted by Crippen LogP contribution is -2.20. The summed E-state index contributed by atoms with van der Waals surface area (Å²) in [4.78, 5) is 21.8. The molecular formula is C12H11ClN4O3. The average molecular weight is 295 g/mol. The van der Waals surface area contributed by atoms with Crippen molar-refractivity contribution in [2.45, 2.75) is 13.5 Å². The molecule has 0 aliphatic rings. The normalized spacial score (nSPS) is 10.3. The van der Waals surface area contributed by atoms with E-state index >= 15 is 0 Å². The molecule has 2 aromatic rings. The second-order valence-corrected chi connectivity index (χ2v) is 4.55. The highest BCUT2D eigenvalue weighted by Gasteiger charge is 2.17. The van der Waals surface area contributed by atoms with E-state index in [0.29, 0.717) is 16.4 Å². The van der Waals surface area contributed by atoms with Gasteiger partial charge in [-0.3, -0.25) is 4.79 Å². The number of aryl methyl sites for hydroxylation is 1. The van der Waals surface area contributed by atoms with Gasteiger partial charge in [-0.05, 0) is 30.0 Å². The van der Waals surface area contributed by atoms with Gasteiger partial charge in [-0.25, -0.2) is 0 Å².